The molecule has 1 aromatic heterocycles. The fourth-order valence-corrected chi connectivity index (χ4v) is 4.81. The van der Waals surface area contributed by atoms with E-state index in [-0.39, 0.29) is 18.9 Å². The normalized spacial score (nSPS) is 12.7. The number of carbonyl (C=O) groups is 3. The fourth-order valence-electron chi connectivity index (χ4n) is 4.64. The molecule has 0 atom stereocenters. The molecule has 0 radical (unpaired) electrons. The lowest BCUT2D eigenvalue weighted by atomic mass is 10.1. The van der Waals surface area contributed by atoms with Crippen LogP contribution >= 0.6 is 11.6 Å². The van der Waals surface area contributed by atoms with E-state index in [2.05, 4.69) is 10.3 Å². The summed E-state index contributed by atoms with van der Waals surface area (Å²) in [6.45, 7) is 0.675. The van der Waals surface area contributed by atoms with E-state index in [1.807, 2.05) is 6.07 Å². The van der Waals surface area contributed by atoms with Crippen LogP contribution in [0.15, 0.2) is 72.9 Å². The molecule has 4 aromatic rings. The Morgan fingerprint density at radius 1 is 0.822 bits per heavy atom. The number of benzene rings is 3. The number of amides is 1. The van der Waals surface area contributed by atoms with Crippen LogP contribution in [0.5, 0.6) is 23.0 Å². The van der Waals surface area contributed by atoms with Crippen LogP contribution in [0.25, 0.3) is 12.2 Å². The molecule has 0 saturated heterocycles. The van der Waals surface area contributed by atoms with Crippen LogP contribution in [0.3, 0.4) is 0 Å². The van der Waals surface area contributed by atoms with Gasteiger partial charge in [-0.25, -0.2) is 0 Å². The Morgan fingerprint density at radius 2 is 1.47 bits per heavy atom. The average Bonchev–Trinajstić information content (AvgIpc) is 3.61. The van der Waals surface area contributed by atoms with E-state index in [0.717, 1.165) is 11.1 Å². The lowest BCUT2D eigenvalue weighted by molar-refractivity contribution is -0.114. The summed E-state index contributed by atoms with van der Waals surface area (Å²) in [7, 11) is 4.65. The van der Waals surface area contributed by atoms with Gasteiger partial charge in [0.15, 0.2) is 28.8 Å². The first-order chi connectivity index (χ1) is 21.8. The Morgan fingerprint density at radius 3 is 2.13 bits per heavy atom. The van der Waals surface area contributed by atoms with Crippen molar-refractivity contribution in [3.63, 3.8) is 0 Å². The van der Waals surface area contributed by atoms with Crippen molar-refractivity contribution in [3.05, 3.63) is 100 Å². The van der Waals surface area contributed by atoms with E-state index in [1.54, 1.807) is 79.7 Å². The first-order valence-electron chi connectivity index (χ1n) is 13.8. The van der Waals surface area contributed by atoms with Crippen LogP contribution in [-0.2, 0) is 22.7 Å². The SMILES string of the molecule is COc1ccc(/C=C/C(=O)/C=C/c2ccc(OCc3cn(CCN4C(=O)C(=O)c5cc(Cl)ccc54)nn3)c(OC)c2)cc1OC. The van der Waals surface area contributed by atoms with Crippen molar-refractivity contribution >= 4 is 46.9 Å². The standard InChI is InChI=1S/C33H29ClN4O7/c1-42-28-12-6-21(16-30(28)43-2)4-9-25(39)10-5-22-7-13-29(31(17-22)44-3)45-20-24-19-37(36-35-24)14-15-38-27-11-8-23(34)18-26(27)32(40)33(38)41/h4-13,16-19H,14-15,20H2,1-3H3/b9-4+,10-5+. The van der Waals surface area contributed by atoms with Gasteiger partial charge in [0.05, 0.1) is 45.3 Å². The number of aromatic nitrogens is 3. The zero-order chi connectivity index (χ0) is 31.9. The van der Waals surface area contributed by atoms with Crippen LogP contribution < -0.4 is 23.8 Å². The summed E-state index contributed by atoms with van der Waals surface area (Å²) in [5, 5.41) is 8.64. The molecule has 1 aliphatic heterocycles. The van der Waals surface area contributed by atoms with Gasteiger partial charge in [0, 0.05) is 11.6 Å². The van der Waals surface area contributed by atoms with Crippen molar-refractivity contribution in [1.29, 1.82) is 0 Å². The molecule has 0 spiro atoms. The second-order valence-corrected chi connectivity index (χ2v) is 10.2. The summed E-state index contributed by atoms with van der Waals surface area (Å²) in [6, 6.07) is 15.5. The minimum absolute atomic E-state index is 0.118. The van der Waals surface area contributed by atoms with E-state index < -0.39 is 11.7 Å². The molecule has 0 saturated carbocycles. The molecule has 0 unspecified atom stereocenters. The zero-order valence-corrected chi connectivity index (χ0v) is 25.5. The molecule has 1 amide bonds. The highest BCUT2D eigenvalue weighted by Crippen LogP contribution is 2.32. The predicted molar refractivity (Wildman–Crippen MR) is 168 cm³/mol. The summed E-state index contributed by atoms with van der Waals surface area (Å²) in [5.41, 5.74) is 2.93. The fraction of sp³-hybridized carbons (Fsp3) is 0.182. The van der Waals surface area contributed by atoms with Gasteiger partial charge < -0.3 is 23.8 Å². The van der Waals surface area contributed by atoms with Gasteiger partial charge >= 0.3 is 0 Å². The van der Waals surface area contributed by atoms with Gasteiger partial charge in [0.25, 0.3) is 11.7 Å². The highest BCUT2D eigenvalue weighted by atomic mass is 35.5. The quantitative estimate of drug-likeness (QED) is 0.148. The van der Waals surface area contributed by atoms with Crippen LogP contribution in [0.1, 0.15) is 27.2 Å². The van der Waals surface area contributed by atoms with E-state index >= 15 is 0 Å². The van der Waals surface area contributed by atoms with Crippen LogP contribution in [0.2, 0.25) is 5.02 Å². The number of allylic oxidation sites excluding steroid dienone is 2. The Kier molecular flexibility index (Phi) is 9.59. The molecule has 0 aliphatic carbocycles. The summed E-state index contributed by atoms with van der Waals surface area (Å²) < 4.78 is 23.5. The average molecular weight is 629 g/mol. The topological polar surface area (TPSA) is 122 Å². The number of hydrogen-bond donors (Lipinski definition) is 0. The zero-order valence-electron chi connectivity index (χ0n) is 24.7. The van der Waals surface area contributed by atoms with Crippen molar-refractivity contribution in [2.75, 3.05) is 32.8 Å². The van der Waals surface area contributed by atoms with Crippen molar-refractivity contribution < 1.29 is 33.3 Å². The van der Waals surface area contributed by atoms with Crippen molar-refractivity contribution in [1.82, 2.24) is 15.0 Å². The van der Waals surface area contributed by atoms with Crippen LogP contribution in [0.4, 0.5) is 5.69 Å². The van der Waals surface area contributed by atoms with E-state index in [9.17, 15) is 14.4 Å². The molecule has 5 rings (SSSR count). The molecule has 11 nitrogen and oxygen atoms in total. The summed E-state index contributed by atoms with van der Waals surface area (Å²) >= 11 is 5.98. The number of ether oxygens (including phenoxy) is 4. The van der Waals surface area contributed by atoms with Gasteiger partial charge in [-0.2, -0.15) is 0 Å². The second kappa shape index (κ2) is 13.9. The molecule has 12 heteroatoms. The molecular weight excluding hydrogens is 600 g/mol. The minimum atomic E-state index is -0.600. The molecular formula is C33H29ClN4O7. The smallest absolute Gasteiger partial charge is 0.299 e. The third-order valence-electron chi connectivity index (χ3n) is 6.92. The van der Waals surface area contributed by atoms with Crippen LogP contribution in [-0.4, -0.2) is 60.3 Å². The maximum absolute atomic E-state index is 12.5. The van der Waals surface area contributed by atoms with E-state index in [0.29, 0.717) is 51.5 Å². The maximum Gasteiger partial charge on any atom is 0.299 e. The first-order valence-corrected chi connectivity index (χ1v) is 14.1. The van der Waals surface area contributed by atoms with Gasteiger partial charge in [-0.3, -0.25) is 19.1 Å². The predicted octanol–water partition coefficient (Wildman–Crippen LogP) is 5.06. The number of rotatable bonds is 13. The van der Waals surface area contributed by atoms with Gasteiger partial charge in [0.1, 0.15) is 12.3 Å². The monoisotopic (exact) mass is 628 g/mol. The number of fused-ring (bicyclic) bond motifs is 1. The number of Topliss-reactive ketones (excluding diaryl/α,β-unsaturated/α-hetero) is 1. The van der Waals surface area contributed by atoms with Crippen molar-refractivity contribution in [2.45, 2.75) is 13.2 Å². The highest BCUT2D eigenvalue weighted by Gasteiger charge is 2.35. The number of halogens is 1. The number of ketones is 2. The van der Waals surface area contributed by atoms with Gasteiger partial charge in [-0.05, 0) is 65.7 Å². The van der Waals surface area contributed by atoms with Crippen molar-refractivity contribution in [3.8, 4) is 23.0 Å². The minimum Gasteiger partial charge on any atom is -0.493 e. The Balaban J connectivity index is 1.15. The molecule has 2 heterocycles. The Bertz CT molecular complexity index is 1810. The lowest BCUT2D eigenvalue weighted by Gasteiger charge is -2.16. The number of hydrogen-bond acceptors (Lipinski definition) is 9. The first kappa shape index (κ1) is 31.0. The molecule has 1 aliphatic rings. The van der Waals surface area contributed by atoms with Crippen LogP contribution in [0, 0.1) is 0 Å². The number of carbonyl (C=O) groups excluding carboxylic acids is 3. The number of nitrogens with zero attached hydrogens (tertiary/aromatic N) is 4. The van der Waals surface area contributed by atoms with Gasteiger partial charge in [-0.1, -0.05) is 41.1 Å². The Labute approximate surface area is 264 Å². The van der Waals surface area contributed by atoms with E-state index in [1.165, 1.54) is 30.2 Å². The Hall–Kier alpha value is -5.42. The molecule has 3 aromatic carbocycles. The van der Waals surface area contributed by atoms with Gasteiger partial charge in [0.2, 0.25) is 0 Å². The summed E-state index contributed by atoms with van der Waals surface area (Å²) in [6.07, 6.45) is 8.02. The molecule has 0 fully saturated rings. The lowest BCUT2D eigenvalue weighted by Crippen LogP contribution is -2.32. The molecule has 0 N–H and O–H groups in total. The molecule has 0 bridgehead atoms. The number of methoxy groups -OCH3 is 3. The van der Waals surface area contributed by atoms with Crippen molar-refractivity contribution in [2.24, 2.45) is 0 Å². The highest BCUT2D eigenvalue weighted by molar-refractivity contribution is 6.52. The molecule has 45 heavy (non-hydrogen) atoms. The summed E-state index contributed by atoms with van der Waals surface area (Å²) in [5.74, 6) is 0.782. The molecule has 230 valence electrons. The second-order valence-electron chi connectivity index (χ2n) is 9.80. The number of anilines is 1. The van der Waals surface area contributed by atoms with Gasteiger partial charge in [-0.15, -0.1) is 5.10 Å². The largest absolute Gasteiger partial charge is 0.493 e. The van der Waals surface area contributed by atoms with E-state index in [4.69, 9.17) is 30.5 Å². The summed E-state index contributed by atoms with van der Waals surface area (Å²) in [4.78, 5) is 38.6. The maximum atomic E-state index is 12.5. The third-order valence-corrected chi connectivity index (χ3v) is 7.16. The third kappa shape index (κ3) is 7.22.